The molecule has 0 saturated heterocycles. The topological polar surface area (TPSA) is 82.1 Å². The van der Waals surface area contributed by atoms with Gasteiger partial charge < -0.3 is 19.1 Å². The fourth-order valence-corrected chi connectivity index (χ4v) is 4.31. The van der Waals surface area contributed by atoms with E-state index in [2.05, 4.69) is 0 Å². The molecule has 1 aliphatic rings. The molecule has 0 spiro atoms. The summed E-state index contributed by atoms with van der Waals surface area (Å²) in [5.41, 5.74) is 2.54. The van der Waals surface area contributed by atoms with E-state index in [4.69, 9.17) is 14.2 Å². The van der Waals surface area contributed by atoms with Crippen LogP contribution in [0.1, 0.15) is 61.2 Å². The Labute approximate surface area is 194 Å². The third-order valence-electron chi connectivity index (χ3n) is 5.98. The van der Waals surface area contributed by atoms with Crippen molar-refractivity contribution in [2.24, 2.45) is 0 Å². The van der Waals surface area contributed by atoms with E-state index in [1.54, 1.807) is 32.2 Å². The molecular weight excluding hydrogens is 422 g/mol. The number of fused-ring (bicyclic) bond motifs is 1. The van der Waals surface area contributed by atoms with Crippen molar-refractivity contribution in [3.63, 3.8) is 0 Å². The molecule has 0 aliphatic carbocycles. The Bertz CT molecular complexity index is 1100. The molecule has 0 radical (unpaired) electrons. The van der Waals surface area contributed by atoms with Gasteiger partial charge in [-0.1, -0.05) is 19.9 Å². The Morgan fingerprint density at radius 3 is 2.42 bits per heavy atom. The number of carbonyl (C=O) groups is 3. The summed E-state index contributed by atoms with van der Waals surface area (Å²) in [5.74, 6) is 0.802. The molecule has 7 nitrogen and oxygen atoms in total. The number of nitrogens with zero attached hydrogens (tertiary/aromatic N) is 1. The number of hydrogen-bond acceptors (Lipinski definition) is 6. The van der Waals surface area contributed by atoms with Crippen LogP contribution < -0.4 is 14.2 Å². The zero-order chi connectivity index (χ0) is 24.5. The highest BCUT2D eigenvalue weighted by Gasteiger charge is 2.33. The average molecular weight is 454 g/mol. The molecule has 176 valence electrons. The quantitative estimate of drug-likeness (QED) is 0.352. The molecule has 33 heavy (non-hydrogen) atoms. The SMILES string of the molecule is CC(=O)Oc1cc(C)cc(C)c1C(C)(C)CC(=O)N(C)C(C)C(=O)c1ccc2c(c1)OCO2. The summed E-state index contributed by atoms with van der Waals surface area (Å²) in [7, 11) is 1.63. The number of rotatable bonds is 7. The molecular formula is C26H31NO6. The Morgan fingerprint density at radius 1 is 1.09 bits per heavy atom. The maximum atomic E-state index is 13.2. The lowest BCUT2D eigenvalue weighted by Crippen LogP contribution is -2.42. The molecule has 0 fully saturated rings. The van der Waals surface area contributed by atoms with Crippen molar-refractivity contribution in [3.05, 3.63) is 52.6 Å². The first-order chi connectivity index (χ1) is 15.4. The summed E-state index contributed by atoms with van der Waals surface area (Å²) in [6.07, 6.45) is 0.139. The van der Waals surface area contributed by atoms with Crippen LogP contribution in [0.3, 0.4) is 0 Å². The lowest BCUT2D eigenvalue weighted by molar-refractivity contribution is -0.132. The fourth-order valence-electron chi connectivity index (χ4n) is 4.31. The van der Waals surface area contributed by atoms with Crippen molar-refractivity contribution in [1.29, 1.82) is 0 Å². The average Bonchev–Trinajstić information content (AvgIpc) is 3.18. The first-order valence-corrected chi connectivity index (χ1v) is 10.9. The molecule has 7 heteroatoms. The van der Waals surface area contributed by atoms with Gasteiger partial charge in [0.05, 0.1) is 6.04 Å². The van der Waals surface area contributed by atoms with Crippen LogP contribution in [0.2, 0.25) is 0 Å². The Morgan fingerprint density at radius 2 is 1.76 bits per heavy atom. The van der Waals surface area contributed by atoms with E-state index in [1.165, 1.54) is 11.8 Å². The number of ether oxygens (including phenoxy) is 3. The predicted octanol–water partition coefficient (Wildman–Crippen LogP) is 4.35. The summed E-state index contributed by atoms with van der Waals surface area (Å²) >= 11 is 0. The lowest BCUT2D eigenvalue weighted by atomic mass is 9.77. The Balaban J connectivity index is 1.80. The molecule has 1 aliphatic heterocycles. The Hall–Kier alpha value is -3.35. The van der Waals surface area contributed by atoms with Gasteiger partial charge in [-0.05, 0) is 56.2 Å². The molecule has 0 aromatic heterocycles. The summed E-state index contributed by atoms with van der Waals surface area (Å²) < 4.78 is 16.1. The largest absolute Gasteiger partial charge is 0.454 e. The van der Waals surface area contributed by atoms with Crippen molar-refractivity contribution < 1.29 is 28.6 Å². The minimum atomic E-state index is -0.666. The standard InChI is InChI=1S/C26H31NO6/c1-15-10-16(2)24(22(11-15)33-18(4)28)26(5,6)13-23(29)27(7)17(3)25(30)19-8-9-20-21(12-19)32-14-31-20/h8-12,17H,13-14H2,1-7H3. The van der Waals surface area contributed by atoms with Gasteiger partial charge in [0.2, 0.25) is 12.7 Å². The van der Waals surface area contributed by atoms with Gasteiger partial charge >= 0.3 is 5.97 Å². The number of benzene rings is 2. The van der Waals surface area contributed by atoms with E-state index in [0.717, 1.165) is 16.7 Å². The number of Topliss-reactive ketones (excluding diaryl/α,β-unsaturated/α-hetero) is 1. The second kappa shape index (κ2) is 9.25. The predicted molar refractivity (Wildman–Crippen MR) is 124 cm³/mol. The van der Waals surface area contributed by atoms with E-state index in [0.29, 0.717) is 22.8 Å². The summed E-state index contributed by atoms with van der Waals surface area (Å²) in [6.45, 7) is 10.9. The van der Waals surface area contributed by atoms with E-state index in [1.807, 2.05) is 39.8 Å². The normalized spacial score (nSPS) is 13.4. The summed E-state index contributed by atoms with van der Waals surface area (Å²) in [5, 5.41) is 0. The van der Waals surface area contributed by atoms with Gasteiger partial charge in [0, 0.05) is 36.9 Å². The van der Waals surface area contributed by atoms with Crippen molar-refractivity contribution >= 4 is 17.7 Å². The highest BCUT2D eigenvalue weighted by Crippen LogP contribution is 2.38. The van der Waals surface area contributed by atoms with E-state index < -0.39 is 17.4 Å². The summed E-state index contributed by atoms with van der Waals surface area (Å²) in [4.78, 5) is 39.4. The van der Waals surface area contributed by atoms with Crippen LogP contribution in [0.5, 0.6) is 17.2 Å². The number of aryl methyl sites for hydroxylation is 2. The molecule has 3 rings (SSSR count). The number of hydrogen-bond donors (Lipinski definition) is 0. The molecule has 0 bridgehead atoms. The molecule has 2 aromatic rings. The van der Waals surface area contributed by atoms with Crippen LogP contribution in [0.4, 0.5) is 0 Å². The van der Waals surface area contributed by atoms with Gasteiger partial charge in [-0.15, -0.1) is 0 Å². The number of ketones is 1. The molecule has 1 unspecified atom stereocenters. The van der Waals surface area contributed by atoms with Gasteiger partial charge in [-0.25, -0.2) is 0 Å². The van der Waals surface area contributed by atoms with E-state index in [-0.39, 0.29) is 24.9 Å². The first kappa shape index (κ1) is 24.3. The number of carbonyl (C=O) groups excluding carboxylic acids is 3. The smallest absolute Gasteiger partial charge is 0.308 e. The van der Waals surface area contributed by atoms with Crippen LogP contribution in [0, 0.1) is 13.8 Å². The molecule has 1 atom stereocenters. The second-order valence-electron chi connectivity index (χ2n) is 9.22. The number of likely N-dealkylation sites (N-methyl/N-ethyl adjacent to an activating group) is 1. The highest BCUT2D eigenvalue weighted by molar-refractivity contribution is 6.02. The van der Waals surface area contributed by atoms with Gasteiger partial charge in [0.25, 0.3) is 0 Å². The van der Waals surface area contributed by atoms with Crippen LogP contribution in [0.15, 0.2) is 30.3 Å². The number of amides is 1. The monoisotopic (exact) mass is 453 g/mol. The van der Waals surface area contributed by atoms with Crippen LogP contribution in [0.25, 0.3) is 0 Å². The minimum absolute atomic E-state index is 0.129. The van der Waals surface area contributed by atoms with Gasteiger partial charge in [-0.3, -0.25) is 14.4 Å². The van der Waals surface area contributed by atoms with Gasteiger partial charge in [0.15, 0.2) is 17.3 Å². The van der Waals surface area contributed by atoms with Crippen LogP contribution in [-0.4, -0.2) is 42.4 Å². The molecule has 0 saturated carbocycles. The van der Waals surface area contributed by atoms with Crippen molar-refractivity contribution in [1.82, 2.24) is 4.90 Å². The third-order valence-corrected chi connectivity index (χ3v) is 5.98. The van der Waals surface area contributed by atoms with Crippen LogP contribution in [-0.2, 0) is 15.0 Å². The zero-order valence-corrected chi connectivity index (χ0v) is 20.3. The van der Waals surface area contributed by atoms with Crippen molar-refractivity contribution in [3.8, 4) is 17.2 Å². The zero-order valence-electron chi connectivity index (χ0n) is 20.3. The van der Waals surface area contributed by atoms with Crippen molar-refractivity contribution in [2.75, 3.05) is 13.8 Å². The first-order valence-electron chi connectivity index (χ1n) is 10.9. The molecule has 0 N–H and O–H groups in total. The molecule has 2 aromatic carbocycles. The molecule has 1 heterocycles. The molecule has 1 amide bonds. The van der Waals surface area contributed by atoms with E-state index in [9.17, 15) is 14.4 Å². The van der Waals surface area contributed by atoms with Crippen molar-refractivity contribution in [2.45, 2.75) is 59.4 Å². The minimum Gasteiger partial charge on any atom is -0.454 e. The highest BCUT2D eigenvalue weighted by atomic mass is 16.7. The maximum Gasteiger partial charge on any atom is 0.308 e. The van der Waals surface area contributed by atoms with Gasteiger partial charge in [-0.2, -0.15) is 0 Å². The van der Waals surface area contributed by atoms with Crippen LogP contribution >= 0.6 is 0 Å². The fraction of sp³-hybridized carbons (Fsp3) is 0.423. The number of esters is 1. The summed E-state index contributed by atoms with van der Waals surface area (Å²) in [6, 6.07) is 8.17. The maximum absolute atomic E-state index is 13.2. The Kier molecular flexibility index (Phi) is 6.81. The van der Waals surface area contributed by atoms with E-state index >= 15 is 0 Å². The third kappa shape index (κ3) is 5.18. The second-order valence-corrected chi connectivity index (χ2v) is 9.22. The lowest BCUT2D eigenvalue weighted by Gasteiger charge is -2.32. The van der Waals surface area contributed by atoms with Gasteiger partial charge in [0.1, 0.15) is 5.75 Å².